The Labute approximate surface area is 162 Å². The minimum absolute atomic E-state index is 0.111. The molecule has 2 spiro atoms. The van der Waals surface area contributed by atoms with E-state index in [1.54, 1.807) is 0 Å². The first kappa shape index (κ1) is 17.2. The lowest BCUT2D eigenvalue weighted by Crippen LogP contribution is -2.75. The van der Waals surface area contributed by atoms with Crippen molar-refractivity contribution in [2.45, 2.75) is 80.5 Å². The number of aliphatic hydroxyl groups excluding tert-OH is 1. The first-order valence-corrected chi connectivity index (χ1v) is 10.4. The highest BCUT2D eigenvalue weighted by Crippen LogP contribution is 2.80. The highest BCUT2D eigenvalue weighted by Gasteiger charge is 2.96. The summed E-state index contributed by atoms with van der Waals surface area (Å²) in [6, 6.07) is 0. The third kappa shape index (κ3) is 1.49. The molecule has 3 aliphatic heterocycles. The Morgan fingerprint density at radius 1 is 1.30 bits per heavy atom. The van der Waals surface area contributed by atoms with Crippen LogP contribution in [-0.4, -0.2) is 63.3 Å². The van der Waals surface area contributed by atoms with Crippen LogP contribution in [0.25, 0.3) is 0 Å². The molecule has 3 aliphatic carbocycles. The van der Waals surface area contributed by atoms with Crippen LogP contribution in [0.1, 0.15) is 40.0 Å². The van der Waals surface area contributed by atoms with Gasteiger partial charge >= 0.3 is 5.97 Å². The molecule has 0 amide bonds. The zero-order valence-electron chi connectivity index (χ0n) is 15.7. The summed E-state index contributed by atoms with van der Waals surface area (Å²) >= 11 is 6.75. The van der Waals surface area contributed by atoms with E-state index in [0.29, 0.717) is 19.4 Å². The van der Waals surface area contributed by atoms with E-state index in [1.807, 2.05) is 13.8 Å². The van der Waals surface area contributed by atoms with Crippen molar-refractivity contribution in [1.29, 1.82) is 0 Å². The van der Waals surface area contributed by atoms with E-state index in [2.05, 4.69) is 6.92 Å². The molecule has 2 saturated heterocycles. The van der Waals surface area contributed by atoms with Gasteiger partial charge in [-0.25, -0.2) is 4.79 Å². The number of ether oxygens (including phenoxy) is 3. The molecule has 6 aliphatic rings. The normalized spacial score (nSPS) is 60.1. The van der Waals surface area contributed by atoms with Crippen LogP contribution in [0.15, 0.2) is 11.1 Å². The average molecular weight is 397 g/mol. The molecule has 3 heterocycles. The summed E-state index contributed by atoms with van der Waals surface area (Å²) < 4.78 is 17.9. The fourth-order valence-electron chi connectivity index (χ4n) is 7.24. The first-order valence-electron chi connectivity index (χ1n) is 9.95. The number of esters is 1. The van der Waals surface area contributed by atoms with Gasteiger partial charge in [-0.2, -0.15) is 0 Å². The van der Waals surface area contributed by atoms with E-state index in [1.165, 1.54) is 0 Å². The van der Waals surface area contributed by atoms with Gasteiger partial charge in [0.05, 0.1) is 11.5 Å². The number of carbonyl (C=O) groups excluding carboxylic acids is 1. The van der Waals surface area contributed by atoms with Crippen molar-refractivity contribution in [3.8, 4) is 0 Å². The van der Waals surface area contributed by atoms with Crippen LogP contribution in [0.2, 0.25) is 0 Å². The summed E-state index contributed by atoms with van der Waals surface area (Å²) in [4.78, 5) is 12.1. The number of hydrogen-bond acceptors (Lipinski definition) is 6. The van der Waals surface area contributed by atoms with E-state index in [0.717, 1.165) is 17.6 Å². The minimum Gasteiger partial charge on any atom is -0.458 e. The molecular formula is C20H25ClO6. The van der Waals surface area contributed by atoms with E-state index >= 15 is 0 Å². The van der Waals surface area contributed by atoms with E-state index in [4.69, 9.17) is 25.8 Å². The number of alkyl halides is 1. The molecule has 0 aromatic carbocycles. The van der Waals surface area contributed by atoms with Crippen molar-refractivity contribution in [3.05, 3.63) is 11.1 Å². The van der Waals surface area contributed by atoms with Crippen LogP contribution in [0.5, 0.6) is 0 Å². The number of epoxide rings is 2. The number of halogens is 1. The molecule has 7 heteroatoms. The van der Waals surface area contributed by atoms with Crippen molar-refractivity contribution < 1.29 is 29.2 Å². The Kier molecular flexibility index (Phi) is 2.91. The minimum atomic E-state index is -1.46. The van der Waals surface area contributed by atoms with Crippen molar-refractivity contribution in [1.82, 2.24) is 0 Å². The summed E-state index contributed by atoms with van der Waals surface area (Å²) in [5, 5.41) is 22.0. The summed E-state index contributed by atoms with van der Waals surface area (Å²) in [5.74, 6) is -0.317. The summed E-state index contributed by atoms with van der Waals surface area (Å²) in [5.41, 5.74) is -1.51. The number of cyclic esters (lactones) is 1. The predicted octanol–water partition coefficient (Wildman–Crippen LogP) is 1.30. The molecule has 8 unspecified atom stereocenters. The van der Waals surface area contributed by atoms with Gasteiger partial charge in [-0.3, -0.25) is 0 Å². The van der Waals surface area contributed by atoms with Crippen molar-refractivity contribution in [2.24, 2.45) is 17.3 Å². The van der Waals surface area contributed by atoms with E-state index in [-0.39, 0.29) is 35.4 Å². The Bertz CT molecular complexity index is 810. The van der Waals surface area contributed by atoms with Crippen LogP contribution >= 0.6 is 11.6 Å². The quantitative estimate of drug-likeness (QED) is 0.394. The molecular weight excluding hydrogens is 372 g/mol. The van der Waals surface area contributed by atoms with E-state index < -0.39 is 28.3 Å². The zero-order chi connectivity index (χ0) is 19.1. The molecule has 4 fully saturated rings. The summed E-state index contributed by atoms with van der Waals surface area (Å²) in [6.45, 7) is 6.26. The van der Waals surface area contributed by atoms with Crippen LogP contribution in [0, 0.1) is 17.3 Å². The number of fused-ring (bicyclic) bond motifs is 2. The van der Waals surface area contributed by atoms with Crippen molar-refractivity contribution in [2.75, 3.05) is 6.61 Å². The third-order valence-corrected chi connectivity index (χ3v) is 9.43. The van der Waals surface area contributed by atoms with Gasteiger partial charge < -0.3 is 24.4 Å². The van der Waals surface area contributed by atoms with E-state index in [9.17, 15) is 15.0 Å². The molecule has 6 rings (SSSR count). The van der Waals surface area contributed by atoms with Gasteiger partial charge in [0.1, 0.15) is 30.0 Å². The Hall–Kier alpha value is -0.660. The fraction of sp³-hybridized carbons (Fsp3) is 0.850. The van der Waals surface area contributed by atoms with Crippen LogP contribution in [-0.2, 0) is 19.0 Å². The largest absolute Gasteiger partial charge is 0.458 e. The molecule has 0 radical (unpaired) electrons. The molecule has 0 bridgehead atoms. The Balaban J connectivity index is 1.50. The number of rotatable bonds is 1. The molecule has 9 atom stereocenters. The summed E-state index contributed by atoms with van der Waals surface area (Å²) in [7, 11) is 0. The summed E-state index contributed by atoms with van der Waals surface area (Å²) in [6.07, 6.45) is 0.446. The second-order valence-corrected chi connectivity index (χ2v) is 10.3. The Morgan fingerprint density at radius 2 is 2.04 bits per heavy atom. The molecule has 6 nitrogen and oxygen atoms in total. The molecule has 2 saturated carbocycles. The molecule has 0 aromatic heterocycles. The lowest BCUT2D eigenvalue weighted by atomic mass is 9.46. The van der Waals surface area contributed by atoms with Crippen LogP contribution < -0.4 is 0 Å². The van der Waals surface area contributed by atoms with Crippen LogP contribution in [0.3, 0.4) is 0 Å². The highest BCUT2D eigenvalue weighted by molar-refractivity contribution is 6.22. The van der Waals surface area contributed by atoms with Crippen molar-refractivity contribution >= 4 is 17.6 Å². The molecule has 27 heavy (non-hydrogen) atoms. The van der Waals surface area contributed by atoms with Gasteiger partial charge in [-0.1, -0.05) is 20.8 Å². The maximum absolute atomic E-state index is 12.1. The average Bonchev–Trinajstić information content (AvgIpc) is 3.50. The maximum Gasteiger partial charge on any atom is 0.334 e. The fourth-order valence-corrected chi connectivity index (χ4v) is 7.85. The van der Waals surface area contributed by atoms with Gasteiger partial charge in [0.2, 0.25) is 0 Å². The number of carbonyl (C=O) groups is 1. The van der Waals surface area contributed by atoms with Crippen LogP contribution in [0.4, 0.5) is 0 Å². The van der Waals surface area contributed by atoms with Crippen molar-refractivity contribution in [3.63, 3.8) is 0 Å². The monoisotopic (exact) mass is 396 g/mol. The van der Waals surface area contributed by atoms with Gasteiger partial charge in [0.15, 0.2) is 5.60 Å². The number of hydrogen-bond donors (Lipinski definition) is 2. The van der Waals surface area contributed by atoms with Gasteiger partial charge in [0.25, 0.3) is 0 Å². The predicted molar refractivity (Wildman–Crippen MR) is 94.1 cm³/mol. The highest BCUT2D eigenvalue weighted by atomic mass is 35.5. The smallest absolute Gasteiger partial charge is 0.334 e. The lowest BCUT2D eigenvalue weighted by molar-refractivity contribution is -0.177. The number of aliphatic hydroxyl groups is 2. The lowest BCUT2D eigenvalue weighted by Gasteiger charge is -2.56. The first-order chi connectivity index (χ1) is 12.7. The molecule has 0 aromatic rings. The zero-order valence-corrected chi connectivity index (χ0v) is 16.5. The third-order valence-electron chi connectivity index (χ3n) is 8.85. The van der Waals surface area contributed by atoms with Gasteiger partial charge in [-0.15, -0.1) is 11.6 Å². The van der Waals surface area contributed by atoms with Gasteiger partial charge in [-0.05, 0) is 36.7 Å². The topological polar surface area (TPSA) is 91.8 Å². The SMILES string of the molecule is CC(C)[C@]1(O)C(Cl)C2OC23C2(C)CCC4=C(COC4=O)C2CC2OC23C1O. The molecule has 148 valence electrons. The van der Waals surface area contributed by atoms with Gasteiger partial charge in [0, 0.05) is 11.0 Å². The molecule has 2 N–H and O–H groups in total. The second-order valence-electron chi connectivity index (χ2n) is 9.81. The Morgan fingerprint density at radius 3 is 2.74 bits per heavy atom. The maximum atomic E-state index is 12.1. The standard InChI is InChI=1S/C20H25ClO6/c1-8(2)18(24)13(21)14-20(27-14)17(3)5-4-9-10(7-25-15(9)22)11(17)6-12-19(20,26-12)16(18)23/h8,11-14,16,23-24H,4-7H2,1-3H3/t11?,12?,13?,14?,16?,17?,18-,19?,20?/m0/s1. The second kappa shape index (κ2) is 4.57.